The maximum Gasteiger partial charge on any atom is 0.191 e. The van der Waals surface area contributed by atoms with E-state index >= 15 is 0 Å². The Morgan fingerprint density at radius 2 is 2.00 bits per heavy atom. The molecule has 0 amide bonds. The average Bonchev–Trinajstić information content (AvgIpc) is 3.46. The van der Waals surface area contributed by atoms with E-state index in [4.69, 9.17) is 23.6 Å². The number of hydrogen-bond acceptors (Lipinski definition) is 5. The minimum absolute atomic E-state index is 0. The Morgan fingerprint density at radius 3 is 2.70 bits per heavy atom. The van der Waals surface area contributed by atoms with Crippen molar-refractivity contribution in [2.75, 3.05) is 40.0 Å². The lowest BCUT2D eigenvalue weighted by atomic mass is 10.2. The van der Waals surface area contributed by atoms with Crippen molar-refractivity contribution in [3.8, 4) is 5.75 Å². The van der Waals surface area contributed by atoms with Crippen LogP contribution in [0, 0.1) is 0 Å². The summed E-state index contributed by atoms with van der Waals surface area (Å²) in [6.45, 7) is 4.39. The highest BCUT2D eigenvalue weighted by atomic mass is 127. The number of halogens is 1. The number of hydrogen-bond donors (Lipinski definition) is 2. The van der Waals surface area contributed by atoms with Crippen molar-refractivity contribution in [3.63, 3.8) is 0 Å². The van der Waals surface area contributed by atoms with E-state index in [1.165, 1.54) is 0 Å². The van der Waals surface area contributed by atoms with E-state index in [1.54, 1.807) is 13.4 Å². The number of aliphatic imine (C=N–C) groups is 1. The molecule has 2 aromatic rings. The lowest BCUT2D eigenvalue weighted by molar-refractivity contribution is 0.0420. The molecule has 0 spiro atoms. The fraction of sp³-hybridized carbons (Fsp3) is 0.500. The molecule has 8 heteroatoms. The summed E-state index contributed by atoms with van der Waals surface area (Å²) in [5, 5.41) is 6.77. The van der Waals surface area contributed by atoms with Crippen molar-refractivity contribution in [1.29, 1.82) is 0 Å². The third-order valence-electron chi connectivity index (χ3n) is 4.68. The largest absolute Gasteiger partial charge is 0.497 e. The summed E-state index contributed by atoms with van der Waals surface area (Å²) >= 11 is 0. The van der Waals surface area contributed by atoms with Gasteiger partial charge < -0.3 is 29.3 Å². The van der Waals surface area contributed by atoms with Gasteiger partial charge in [-0.15, -0.1) is 24.0 Å². The molecule has 166 valence electrons. The molecule has 1 aliphatic heterocycles. The third-order valence-corrected chi connectivity index (χ3v) is 4.68. The summed E-state index contributed by atoms with van der Waals surface area (Å²) in [5.74, 6) is 2.59. The molecule has 1 atom stereocenters. The summed E-state index contributed by atoms with van der Waals surface area (Å²) in [6.07, 6.45) is 4.67. The van der Waals surface area contributed by atoms with Crippen molar-refractivity contribution in [3.05, 3.63) is 54.0 Å². The van der Waals surface area contributed by atoms with Crippen LogP contribution >= 0.6 is 24.0 Å². The van der Waals surface area contributed by atoms with E-state index in [0.717, 1.165) is 75.2 Å². The maximum atomic E-state index is 5.82. The molecule has 1 saturated heterocycles. The number of rotatable bonds is 11. The van der Waals surface area contributed by atoms with Gasteiger partial charge in [-0.2, -0.15) is 0 Å². The SMILES string of the molecule is COc1ccc(CN=C(NCCCOC2CCOC2)NCCc2ccco2)cc1.I. The second-order valence-corrected chi connectivity index (χ2v) is 6.91. The fourth-order valence-corrected chi connectivity index (χ4v) is 3.01. The molecule has 1 fully saturated rings. The molecule has 1 unspecified atom stereocenters. The molecule has 0 aliphatic carbocycles. The second-order valence-electron chi connectivity index (χ2n) is 6.91. The highest BCUT2D eigenvalue weighted by Gasteiger charge is 2.15. The molecule has 30 heavy (non-hydrogen) atoms. The predicted octanol–water partition coefficient (Wildman–Crippen LogP) is 3.38. The Bertz CT molecular complexity index is 716. The molecule has 3 rings (SSSR count). The van der Waals surface area contributed by atoms with Crippen LogP contribution in [0.1, 0.15) is 24.2 Å². The smallest absolute Gasteiger partial charge is 0.191 e. The molecule has 7 nitrogen and oxygen atoms in total. The van der Waals surface area contributed by atoms with Crippen molar-refractivity contribution in [1.82, 2.24) is 10.6 Å². The molecular formula is C22H32IN3O4. The summed E-state index contributed by atoms with van der Waals surface area (Å²) in [4.78, 5) is 4.71. The summed E-state index contributed by atoms with van der Waals surface area (Å²) in [6, 6.07) is 11.8. The number of guanidine groups is 1. The van der Waals surface area contributed by atoms with Gasteiger partial charge in [0.2, 0.25) is 0 Å². The minimum atomic E-state index is 0. The first kappa shape index (κ1) is 24.5. The van der Waals surface area contributed by atoms with Crippen molar-refractivity contribution >= 4 is 29.9 Å². The zero-order chi connectivity index (χ0) is 20.2. The predicted molar refractivity (Wildman–Crippen MR) is 128 cm³/mol. The molecular weight excluding hydrogens is 497 g/mol. The first-order chi connectivity index (χ1) is 14.3. The van der Waals surface area contributed by atoms with Crippen LogP contribution in [0.4, 0.5) is 0 Å². The van der Waals surface area contributed by atoms with Crippen LogP contribution in [0.15, 0.2) is 52.1 Å². The van der Waals surface area contributed by atoms with Gasteiger partial charge in [-0.3, -0.25) is 0 Å². The van der Waals surface area contributed by atoms with Gasteiger partial charge in [0.1, 0.15) is 11.5 Å². The van der Waals surface area contributed by atoms with E-state index in [2.05, 4.69) is 10.6 Å². The van der Waals surface area contributed by atoms with E-state index < -0.39 is 0 Å². The average molecular weight is 529 g/mol. The van der Waals surface area contributed by atoms with Crippen LogP contribution < -0.4 is 15.4 Å². The van der Waals surface area contributed by atoms with Gasteiger partial charge in [-0.05, 0) is 42.7 Å². The minimum Gasteiger partial charge on any atom is -0.497 e. The molecule has 0 saturated carbocycles. The highest BCUT2D eigenvalue weighted by Crippen LogP contribution is 2.12. The fourth-order valence-electron chi connectivity index (χ4n) is 3.01. The molecule has 2 heterocycles. The lowest BCUT2D eigenvalue weighted by Crippen LogP contribution is -2.39. The summed E-state index contributed by atoms with van der Waals surface area (Å²) in [5.41, 5.74) is 1.13. The number of nitrogens with one attached hydrogen (secondary N) is 2. The van der Waals surface area contributed by atoms with Crippen molar-refractivity contribution in [2.24, 2.45) is 4.99 Å². The second kappa shape index (κ2) is 14.3. The van der Waals surface area contributed by atoms with E-state index in [0.29, 0.717) is 6.54 Å². The monoisotopic (exact) mass is 529 g/mol. The van der Waals surface area contributed by atoms with E-state index in [1.807, 2.05) is 36.4 Å². The molecule has 2 N–H and O–H groups in total. The van der Waals surface area contributed by atoms with Crippen LogP contribution in [0.2, 0.25) is 0 Å². The standard InChI is InChI=1S/C22H31N3O4.HI/c1-26-19-7-5-18(6-8-19)16-25-22(24-12-9-20-4-2-13-28-20)23-11-3-14-29-21-10-15-27-17-21;/h2,4-8,13,21H,3,9-12,14-17H2,1H3,(H2,23,24,25);1H. The summed E-state index contributed by atoms with van der Waals surface area (Å²) in [7, 11) is 1.67. The normalized spacial score (nSPS) is 16.2. The van der Waals surface area contributed by atoms with Gasteiger partial charge in [0.15, 0.2) is 5.96 Å². The highest BCUT2D eigenvalue weighted by molar-refractivity contribution is 14.0. The number of ether oxygens (including phenoxy) is 3. The lowest BCUT2D eigenvalue weighted by Gasteiger charge is -2.14. The zero-order valence-corrected chi connectivity index (χ0v) is 19.8. The first-order valence-corrected chi connectivity index (χ1v) is 10.2. The van der Waals surface area contributed by atoms with Gasteiger partial charge in [0, 0.05) is 32.7 Å². The molecule has 0 bridgehead atoms. The van der Waals surface area contributed by atoms with E-state index in [9.17, 15) is 0 Å². The van der Waals surface area contributed by atoms with E-state index in [-0.39, 0.29) is 30.1 Å². The van der Waals surface area contributed by atoms with Crippen molar-refractivity contribution in [2.45, 2.75) is 31.9 Å². The Hall–Kier alpha value is -1.78. The number of nitrogens with zero attached hydrogens (tertiary/aromatic N) is 1. The number of furan rings is 1. The topological polar surface area (TPSA) is 77.2 Å². The number of benzene rings is 1. The van der Waals surface area contributed by atoms with Crippen LogP contribution in [0.25, 0.3) is 0 Å². The molecule has 0 radical (unpaired) electrons. The molecule has 1 aliphatic rings. The molecule has 1 aromatic carbocycles. The number of methoxy groups -OCH3 is 1. The van der Waals surface area contributed by atoms with Crippen LogP contribution in [0.5, 0.6) is 5.75 Å². The Labute approximate surface area is 195 Å². The quantitative estimate of drug-likeness (QED) is 0.201. The van der Waals surface area contributed by atoms with Gasteiger partial charge in [0.05, 0.1) is 32.6 Å². The van der Waals surface area contributed by atoms with Gasteiger partial charge >= 0.3 is 0 Å². The van der Waals surface area contributed by atoms with Crippen LogP contribution in [-0.4, -0.2) is 52.1 Å². The van der Waals surface area contributed by atoms with Crippen LogP contribution in [0.3, 0.4) is 0 Å². The maximum absolute atomic E-state index is 5.82. The molecule has 1 aromatic heterocycles. The van der Waals surface area contributed by atoms with Gasteiger partial charge in [-0.1, -0.05) is 12.1 Å². The summed E-state index contributed by atoms with van der Waals surface area (Å²) < 4.78 is 21.7. The Morgan fingerprint density at radius 1 is 1.17 bits per heavy atom. The van der Waals surface area contributed by atoms with Crippen molar-refractivity contribution < 1.29 is 18.6 Å². The van der Waals surface area contributed by atoms with Gasteiger partial charge in [-0.25, -0.2) is 4.99 Å². The Kier molecular flexibility index (Phi) is 11.6. The first-order valence-electron chi connectivity index (χ1n) is 10.2. The van der Waals surface area contributed by atoms with Gasteiger partial charge in [0.25, 0.3) is 0 Å². The third kappa shape index (κ3) is 8.93. The zero-order valence-electron chi connectivity index (χ0n) is 17.5. The Balaban J connectivity index is 0.00000320. The van der Waals surface area contributed by atoms with Crippen LogP contribution in [-0.2, 0) is 22.4 Å².